The van der Waals surface area contributed by atoms with E-state index < -0.39 is 53.7 Å². The Hall–Kier alpha value is -2.45. The summed E-state index contributed by atoms with van der Waals surface area (Å²) in [6.07, 6.45) is 2.52. The van der Waals surface area contributed by atoms with Crippen molar-refractivity contribution in [3.63, 3.8) is 0 Å². The Bertz CT molecular complexity index is 963. The van der Waals surface area contributed by atoms with E-state index >= 15 is 0 Å². The second-order valence-corrected chi connectivity index (χ2v) is 9.86. The Morgan fingerprint density at radius 3 is 2.45 bits per heavy atom. The third-order valence-electron chi connectivity index (χ3n) is 8.05. The minimum atomic E-state index is -1.94. The molecule has 8 nitrogen and oxygen atoms in total. The zero-order valence-electron chi connectivity index (χ0n) is 19.8. The van der Waals surface area contributed by atoms with Gasteiger partial charge in [-0.25, -0.2) is 14.4 Å². The Morgan fingerprint density at radius 2 is 1.82 bits per heavy atom. The first-order valence-electron chi connectivity index (χ1n) is 11.4. The van der Waals surface area contributed by atoms with Gasteiger partial charge in [0, 0.05) is 28.4 Å². The first-order chi connectivity index (χ1) is 15.5. The second-order valence-electron chi connectivity index (χ2n) is 9.86. The first-order valence-corrected chi connectivity index (χ1v) is 11.4. The number of aliphatic hydroxyl groups is 1. The van der Waals surface area contributed by atoms with Gasteiger partial charge in [-0.05, 0) is 46.1 Å². The monoisotopic (exact) mass is 460 g/mol. The molecule has 0 bridgehead atoms. The molecule has 0 aromatic carbocycles. The average molecular weight is 461 g/mol. The summed E-state index contributed by atoms with van der Waals surface area (Å²) in [6.45, 7) is 12.5. The number of epoxide rings is 1. The van der Waals surface area contributed by atoms with E-state index in [0.717, 1.165) is 5.57 Å². The van der Waals surface area contributed by atoms with Gasteiger partial charge in [-0.3, -0.25) is 0 Å². The van der Waals surface area contributed by atoms with Gasteiger partial charge in [0.2, 0.25) is 5.60 Å². The van der Waals surface area contributed by atoms with Crippen LogP contribution in [-0.4, -0.2) is 59.6 Å². The van der Waals surface area contributed by atoms with Crippen molar-refractivity contribution < 1.29 is 38.4 Å². The van der Waals surface area contributed by atoms with Crippen LogP contribution >= 0.6 is 0 Å². The van der Waals surface area contributed by atoms with Crippen LogP contribution in [0.4, 0.5) is 0 Å². The number of allylic oxidation sites excluding steroid dienone is 2. The van der Waals surface area contributed by atoms with Gasteiger partial charge >= 0.3 is 17.9 Å². The Kier molecular flexibility index (Phi) is 5.81. The highest BCUT2D eigenvalue weighted by Crippen LogP contribution is 2.63. The molecule has 2 heterocycles. The molecule has 4 fully saturated rings. The van der Waals surface area contributed by atoms with E-state index in [0.29, 0.717) is 24.0 Å². The van der Waals surface area contributed by atoms with Gasteiger partial charge in [0.1, 0.15) is 31.0 Å². The van der Waals surface area contributed by atoms with Crippen molar-refractivity contribution in [1.29, 1.82) is 0 Å². The van der Waals surface area contributed by atoms with Crippen molar-refractivity contribution in [3.05, 3.63) is 35.5 Å². The standard InChI is InChI=1S/C25H32O8/c1-7-12(3)21(26)30-11-25(29)15-9-10-24(6)16(18(15)32-23(25)28)14(5)17-19(31-17)20(24)33-22(27)13(4)8-2/h7-8,15-20,29H,5,9-11H2,1-4,6H3/b12-7-,13-8-/t15-,16-,17+,18+,19+,20+,24-,25-/m1/s1. The van der Waals surface area contributed by atoms with Crippen LogP contribution in [0.25, 0.3) is 0 Å². The molecule has 0 aromatic rings. The van der Waals surface area contributed by atoms with E-state index in [1.54, 1.807) is 39.8 Å². The summed E-state index contributed by atoms with van der Waals surface area (Å²) in [4.78, 5) is 37.5. The van der Waals surface area contributed by atoms with Crippen LogP contribution in [0.3, 0.4) is 0 Å². The summed E-state index contributed by atoms with van der Waals surface area (Å²) >= 11 is 0. The summed E-state index contributed by atoms with van der Waals surface area (Å²) in [5.74, 6) is -2.75. The normalized spacial score (nSPS) is 42.0. The highest BCUT2D eigenvalue weighted by molar-refractivity contribution is 5.89. The number of rotatable bonds is 5. The van der Waals surface area contributed by atoms with E-state index in [1.165, 1.54) is 0 Å². The third-order valence-corrected chi connectivity index (χ3v) is 8.05. The van der Waals surface area contributed by atoms with Crippen molar-refractivity contribution in [2.75, 3.05) is 6.61 Å². The zero-order valence-corrected chi connectivity index (χ0v) is 19.8. The molecule has 2 saturated heterocycles. The van der Waals surface area contributed by atoms with Gasteiger partial charge in [0.25, 0.3) is 0 Å². The fourth-order valence-electron chi connectivity index (χ4n) is 5.69. The van der Waals surface area contributed by atoms with E-state index in [2.05, 4.69) is 6.58 Å². The average Bonchev–Trinajstić information content (AvgIpc) is 3.54. The van der Waals surface area contributed by atoms with Crippen LogP contribution in [0.2, 0.25) is 0 Å². The maximum atomic E-state index is 12.8. The number of esters is 3. The van der Waals surface area contributed by atoms with Gasteiger partial charge in [0.15, 0.2) is 0 Å². The van der Waals surface area contributed by atoms with E-state index in [-0.39, 0.29) is 18.1 Å². The largest absolute Gasteiger partial charge is 0.459 e. The lowest BCUT2D eigenvalue weighted by atomic mass is 9.53. The maximum Gasteiger partial charge on any atom is 0.342 e. The molecule has 33 heavy (non-hydrogen) atoms. The fraction of sp³-hybridized carbons (Fsp3) is 0.640. The van der Waals surface area contributed by atoms with E-state index in [9.17, 15) is 19.5 Å². The summed E-state index contributed by atoms with van der Waals surface area (Å²) in [5, 5.41) is 11.3. The SMILES string of the molecule is C=C1[C@@H]2[C@H]3OC(=O)[C@@](O)(COC(=O)/C(C)=C\C)[C@@H]3CC[C@@]2(C)[C@@H](OC(=O)/C(C)=C\C)[C@H]2O[C@@H]12. The lowest BCUT2D eigenvalue weighted by Gasteiger charge is -2.52. The van der Waals surface area contributed by atoms with Crippen LogP contribution in [0.5, 0.6) is 0 Å². The first kappa shape index (κ1) is 23.7. The highest BCUT2D eigenvalue weighted by Gasteiger charge is 2.72. The zero-order chi connectivity index (χ0) is 24.3. The topological polar surface area (TPSA) is 112 Å². The number of ether oxygens (including phenoxy) is 4. The van der Waals surface area contributed by atoms with Crippen molar-refractivity contribution in [3.8, 4) is 0 Å². The van der Waals surface area contributed by atoms with Gasteiger partial charge in [-0.1, -0.05) is 25.7 Å². The number of carbonyl (C=O) groups is 3. The van der Waals surface area contributed by atoms with Crippen LogP contribution in [0.15, 0.2) is 35.5 Å². The predicted molar refractivity (Wildman–Crippen MR) is 117 cm³/mol. The number of carbonyl (C=O) groups excluding carboxylic acids is 3. The lowest BCUT2D eigenvalue weighted by Crippen LogP contribution is -2.59. The van der Waals surface area contributed by atoms with E-state index in [1.807, 2.05) is 6.92 Å². The molecule has 0 aromatic heterocycles. The fourth-order valence-corrected chi connectivity index (χ4v) is 5.69. The van der Waals surface area contributed by atoms with Crippen molar-refractivity contribution in [2.45, 2.75) is 77.5 Å². The van der Waals surface area contributed by atoms with Crippen molar-refractivity contribution in [2.24, 2.45) is 17.3 Å². The van der Waals surface area contributed by atoms with Gasteiger partial charge < -0.3 is 24.1 Å². The van der Waals surface area contributed by atoms with E-state index in [4.69, 9.17) is 18.9 Å². The van der Waals surface area contributed by atoms with Gasteiger partial charge in [0.05, 0.1) is 0 Å². The molecule has 4 aliphatic rings. The molecule has 0 radical (unpaired) electrons. The number of hydrogen-bond donors (Lipinski definition) is 1. The summed E-state index contributed by atoms with van der Waals surface area (Å²) in [6, 6.07) is 0. The van der Waals surface area contributed by atoms with Crippen molar-refractivity contribution >= 4 is 17.9 Å². The van der Waals surface area contributed by atoms with Gasteiger partial charge in [-0.15, -0.1) is 0 Å². The maximum absolute atomic E-state index is 12.8. The van der Waals surface area contributed by atoms with Gasteiger partial charge in [-0.2, -0.15) is 0 Å². The quantitative estimate of drug-likeness (QED) is 0.219. The minimum Gasteiger partial charge on any atom is -0.459 e. The van der Waals surface area contributed by atoms with Crippen LogP contribution in [0, 0.1) is 17.3 Å². The van der Waals surface area contributed by atoms with Crippen LogP contribution in [-0.2, 0) is 33.3 Å². The molecular weight excluding hydrogens is 428 g/mol. The summed E-state index contributed by atoms with van der Waals surface area (Å²) in [7, 11) is 0. The third kappa shape index (κ3) is 3.54. The lowest BCUT2D eigenvalue weighted by molar-refractivity contribution is -0.168. The summed E-state index contributed by atoms with van der Waals surface area (Å²) in [5.41, 5.74) is -0.846. The summed E-state index contributed by atoms with van der Waals surface area (Å²) < 4.78 is 22.7. The highest BCUT2D eigenvalue weighted by atomic mass is 16.6. The molecule has 2 aliphatic carbocycles. The molecule has 0 unspecified atom stereocenters. The Balaban J connectivity index is 1.60. The van der Waals surface area contributed by atoms with Crippen LogP contribution < -0.4 is 0 Å². The smallest absolute Gasteiger partial charge is 0.342 e. The molecule has 0 amide bonds. The molecular formula is C25H32O8. The molecule has 4 rings (SSSR count). The van der Waals surface area contributed by atoms with Crippen LogP contribution in [0.1, 0.15) is 47.5 Å². The Labute approximate surface area is 193 Å². The predicted octanol–water partition coefficient (Wildman–Crippen LogP) is 2.40. The number of fused-ring (bicyclic) bond motifs is 4. The molecule has 2 aliphatic heterocycles. The molecule has 2 saturated carbocycles. The molecule has 180 valence electrons. The molecule has 8 atom stereocenters. The second kappa shape index (κ2) is 8.09. The molecule has 1 N–H and O–H groups in total. The molecule has 8 heteroatoms. The Morgan fingerprint density at radius 1 is 1.18 bits per heavy atom. The van der Waals surface area contributed by atoms with Crippen molar-refractivity contribution in [1.82, 2.24) is 0 Å². The molecule has 0 spiro atoms. The minimum absolute atomic E-state index is 0.273. The number of hydrogen-bond acceptors (Lipinski definition) is 8.